The van der Waals surface area contributed by atoms with Crippen molar-refractivity contribution in [1.29, 1.82) is 0 Å². The summed E-state index contributed by atoms with van der Waals surface area (Å²) in [6.07, 6.45) is 0. The lowest BCUT2D eigenvalue weighted by atomic mass is 9.98. The highest BCUT2D eigenvalue weighted by Crippen LogP contribution is 2.49. The highest BCUT2D eigenvalue weighted by Gasteiger charge is 2.33. The van der Waals surface area contributed by atoms with Crippen molar-refractivity contribution >= 4 is 16.8 Å². The quantitative estimate of drug-likeness (QED) is 0.545. The molecule has 0 radical (unpaired) electrons. The fraction of sp³-hybridized carbons (Fsp3) is 0.174. The highest BCUT2D eigenvalue weighted by atomic mass is 32.2. The van der Waals surface area contributed by atoms with E-state index in [-0.39, 0.29) is 6.04 Å². The molecule has 2 atom stereocenters. The third-order valence-corrected chi connectivity index (χ3v) is 5.98. The van der Waals surface area contributed by atoms with Crippen molar-refractivity contribution < 1.29 is 0 Å². The van der Waals surface area contributed by atoms with Crippen LogP contribution in [-0.4, -0.2) is 5.04 Å². The van der Waals surface area contributed by atoms with Gasteiger partial charge in [-0.25, -0.2) is 0 Å². The Morgan fingerprint density at radius 3 is 1.92 bits per heavy atom. The summed E-state index contributed by atoms with van der Waals surface area (Å²) in [6, 6.07) is 28.4. The van der Waals surface area contributed by atoms with Gasteiger partial charge in [-0.1, -0.05) is 102 Å². The van der Waals surface area contributed by atoms with Crippen molar-refractivity contribution in [3.05, 3.63) is 107 Å². The van der Waals surface area contributed by atoms with Crippen LogP contribution in [-0.2, 0) is 0 Å². The summed E-state index contributed by atoms with van der Waals surface area (Å²) in [5, 5.41) is 1.46. The molecule has 0 bridgehead atoms. The van der Waals surface area contributed by atoms with E-state index in [9.17, 15) is 0 Å². The summed E-state index contributed by atoms with van der Waals surface area (Å²) < 4.78 is 0. The van der Waals surface area contributed by atoms with E-state index in [0.29, 0.717) is 5.25 Å². The maximum Gasteiger partial charge on any atom is 0.0991 e. The van der Waals surface area contributed by atoms with Crippen molar-refractivity contribution in [2.45, 2.75) is 25.1 Å². The first-order valence-electron chi connectivity index (χ1n) is 8.64. The molecule has 0 aliphatic carbocycles. The van der Waals surface area contributed by atoms with Crippen LogP contribution >= 0.6 is 11.8 Å². The van der Waals surface area contributed by atoms with E-state index in [1.165, 1.54) is 27.8 Å². The summed E-state index contributed by atoms with van der Waals surface area (Å²) in [5.41, 5.74) is 6.40. The van der Waals surface area contributed by atoms with Gasteiger partial charge in [-0.2, -0.15) is 0 Å². The van der Waals surface area contributed by atoms with Gasteiger partial charge in [-0.05, 0) is 25.0 Å². The van der Waals surface area contributed by atoms with Crippen LogP contribution in [0.4, 0.5) is 0 Å². The number of rotatable bonds is 3. The maximum absolute atomic E-state index is 5.13. The summed E-state index contributed by atoms with van der Waals surface area (Å²) in [4.78, 5) is 5.13. The average Bonchev–Trinajstić information content (AvgIpc) is 3.09. The standard InChI is InChI=1S/C23H21NS/c1-16-8-12-18(13-9-16)21-22(19-6-4-3-5-7-19)25-23(24-21)20-14-10-17(2)11-15-20/h3-15,21-22H,1-2H3/t21-,22-/m1/s1. The fourth-order valence-electron chi connectivity index (χ4n) is 3.15. The molecule has 1 aliphatic rings. The Bertz CT molecular complexity index is 880. The predicted octanol–water partition coefficient (Wildman–Crippen LogP) is 6.28. The lowest BCUT2D eigenvalue weighted by molar-refractivity contribution is 0.724. The van der Waals surface area contributed by atoms with Crippen LogP contribution in [0.5, 0.6) is 0 Å². The smallest absolute Gasteiger partial charge is 0.0991 e. The molecule has 0 amide bonds. The van der Waals surface area contributed by atoms with Gasteiger partial charge < -0.3 is 0 Å². The number of benzene rings is 3. The first-order chi connectivity index (χ1) is 12.2. The van der Waals surface area contributed by atoms with Crippen LogP contribution in [0.3, 0.4) is 0 Å². The summed E-state index contributed by atoms with van der Waals surface area (Å²) in [7, 11) is 0. The number of hydrogen-bond acceptors (Lipinski definition) is 2. The maximum atomic E-state index is 5.13. The van der Waals surface area contributed by atoms with Gasteiger partial charge in [0, 0.05) is 5.56 Å². The molecule has 1 heterocycles. The Hall–Kier alpha value is -2.32. The first kappa shape index (κ1) is 16.2. The topological polar surface area (TPSA) is 12.4 Å². The molecule has 3 aromatic rings. The number of aryl methyl sites for hydroxylation is 2. The molecule has 4 rings (SSSR count). The molecular weight excluding hydrogens is 322 g/mol. The first-order valence-corrected chi connectivity index (χ1v) is 9.52. The van der Waals surface area contributed by atoms with Gasteiger partial charge in [-0.3, -0.25) is 4.99 Å². The van der Waals surface area contributed by atoms with E-state index in [4.69, 9.17) is 4.99 Å². The largest absolute Gasteiger partial charge is 0.268 e. The predicted molar refractivity (Wildman–Crippen MR) is 108 cm³/mol. The molecule has 124 valence electrons. The normalized spacial score (nSPS) is 19.7. The van der Waals surface area contributed by atoms with E-state index >= 15 is 0 Å². The molecular formula is C23H21NS. The van der Waals surface area contributed by atoms with Gasteiger partial charge in [-0.15, -0.1) is 0 Å². The van der Waals surface area contributed by atoms with E-state index in [0.717, 1.165) is 5.04 Å². The zero-order valence-electron chi connectivity index (χ0n) is 14.5. The molecule has 0 saturated carbocycles. The van der Waals surface area contributed by atoms with Crippen LogP contribution in [0, 0.1) is 13.8 Å². The minimum atomic E-state index is 0.157. The van der Waals surface area contributed by atoms with E-state index in [2.05, 4.69) is 92.7 Å². The van der Waals surface area contributed by atoms with E-state index < -0.39 is 0 Å². The Labute approximate surface area is 153 Å². The number of hydrogen-bond donors (Lipinski definition) is 0. The number of aliphatic imine (C=N–C) groups is 1. The average molecular weight is 343 g/mol. The van der Waals surface area contributed by atoms with Crippen molar-refractivity contribution in [3.8, 4) is 0 Å². The molecule has 0 aromatic heterocycles. The third-order valence-electron chi connectivity index (χ3n) is 4.63. The lowest BCUT2D eigenvalue weighted by Crippen LogP contribution is -2.02. The van der Waals surface area contributed by atoms with E-state index in [1.54, 1.807) is 0 Å². The molecule has 0 N–H and O–H groups in total. The summed E-state index contributed by atoms with van der Waals surface area (Å²) >= 11 is 1.88. The van der Waals surface area contributed by atoms with Crippen molar-refractivity contribution in [2.24, 2.45) is 4.99 Å². The third kappa shape index (κ3) is 3.40. The number of nitrogens with zero attached hydrogens (tertiary/aromatic N) is 1. The zero-order valence-corrected chi connectivity index (χ0v) is 15.3. The molecule has 0 fully saturated rings. The second kappa shape index (κ2) is 6.89. The second-order valence-corrected chi connectivity index (χ2v) is 7.74. The van der Waals surface area contributed by atoms with Crippen molar-refractivity contribution in [3.63, 3.8) is 0 Å². The van der Waals surface area contributed by atoms with Gasteiger partial charge >= 0.3 is 0 Å². The molecule has 3 aromatic carbocycles. The minimum Gasteiger partial charge on any atom is -0.268 e. The number of thioether (sulfide) groups is 1. The van der Waals surface area contributed by atoms with Crippen LogP contribution in [0.2, 0.25) is 0 Å². The Kier molecular flexibility index (Phi) is 4.46. The zero-order chi connectivity index (χ0) is 17.2. The highest BCUT2D eigenvalue weighted by molar-refractivity contribution is 8.14. The van der Waals surface area contributed by atoms with Crippen LogP contribution in [0.15, 0.2) is 83.9 Å². The van der Waals surface area contributed by atoms with Crippen LogP contribution in [0.1, 0.15) is 39.1 Å². The van der Waals surface area contributed by atoms with Gasteiger partial charge in [0.2, 0.25) is 0 Å². The van der Waals surface area contributed by atoms with Gasteiger partial charge in [0.25, 0.3) is 0 Å². The second-order valence-electron chi connectivity index (χ2n) is 6.60. The van der Waals surface area contributed by atoms with Crippen molar-refractivity contribution in [2.75, 3.05) is 0 Å². The summed E-state index contributed by atoms with van der Waals surface area (Å²) in [6.45, 7) is 4.25. The fourth-order valence-corrected chi connectivity index (χ4v) is 4.48. The monoisotopic (exact) mass is 343 g/mol. The summed E-state index contributed by atoms with van der Waals surface area (Å²) in [5.74, 6) is 0. The SMILES string of the molecule is Cc1ccc(C2=N[C@H](c3ccc(C)cc3)[C@@H](c3ccccc3)S2)cc1. The Morgan fingerprint density at radius 2 is 1.28 bits per heavy atom. The molecule has 1 aliphatic heterocycles. The van der Waals surface area contributed by atoms with Crippen LogP contribution in [0.25, 0.3) is 0 Å². The Morgan fingerprint density at radius 1 is 0.680 bits per heavy atom. The minimum absolute atomic E-state index is 0.157. The van der Waals surface area contributed by atoms with E-state index in [1.807, 2.05) is 11.8 Å². The molecule has 1 nitrogen and oxygen atoms in total. The molecule has 25 heavy (non-hydrogen) atoms. The van der Waals surface area contributed by atoms with Gasteiger partial charge in [0.1, 0.15) is 0 Å². The van der Waals surface area contributed by atoms with Crippen LogP contribution < -0.4 is 0 Å². The molecule has 0 spiro atoms. The van der Waals surface area contributed by atoms with Gasteiger partial charge in [0.05, 0.1) is 16.3 Å². The Balaban J connectivity index is 1.74. The molecule has 2 heteroatoms. The molecule has 0 unspecified atom stereocenters. The lowest BCUT2D eigenvalue weighted by Gasteiger charge is -2.18. The van der Waals surface area contributed by atoms with Gasteiger partial charge in [0.15, 0.2) is 0 Å². The van der Waals surface area contributed by atoms with Crippen molar-refractivity contribution in [1.82, 2.24) is 0 Å². The molecule has 0 saturated heterocycles.